The number of hydrogen-bond acceptors (Lipinski definition) is 2. The predicted molar refractivity (Wildman–Crippen MR) is 95.3 cm³/mol. The van der Waals surface area contributed by atoms with E-state index in [4.69, 9.17) is 21.4 Å². The van der Waals surface area contributed by atoms with Crippen molar-refractivity contribution in [2.24, 2.45) is 0 Å². The highest BCUT2D eigenvalue weighted by Gasteiger charge is 2.48. The summed E-state index contributed by atoms with van der Waals surface area (Å²) >= 11 is 6.07. The average Bonchev–Trinajstić information content (AvgIpc) is 2.56. The quantitative estimate of drug-likeness (QED) is 0.573. The maximum Gasteiger partial charge on any atom is 0.430 e. The lowest BCUT2D eigenvalue weighted by atomic mass is 9.99. The highest BCUT2D eigenvalue weighted by atomic mass is 35.5. The van der Waals surface area contributed by atoms with Crippen molar-refractivity contribution in [3.8, 4) is 5.75 Å². The molecule has 1 aliphatic rings. The fourth-order valence-electron chi connectivity index (χ4n) is 2.71. The molecule has 0 amide bonds. The number of halogens is 4. The van der Waals surface area contributed by atoms with Gasteiger partial charge in [0.05, 0.1) is 10.6 Å². The molecule has 142 valence electrons. The van der Waals surface area contributed by atoms with Gasteiger partial charge in [-0.05, 0) is 36.6 Å². The van der Waals surface area contributed by atoms with Gasteiger partial charge in [0, 0.05) is 5.56 Å². The Balaban J connectivity index is 2.25. The summed E-state index contributed by atoms with van der Waals surface area (Å²) in [5, 5.41) is 9.10. The Morgan fingerprint density at radius 3 is 2.65 bits per heavy atom. The lowest BCUT2D eigenvalue weighted by Gasteiger charge is -2.27. The van der Waals surface area contributed by atoms with E-state index < -0.39 is 23.8 Å². The maximum absolute atomic E-state index is 13.1. The molecule has 0 saturated carbocycles. The van der Waals surface area contributed by atoms with E-state index in [1.54, 1.807) is 6.07 Å². The number of rotatable bonds is 7. The first kappa shape index (κ1) is 20.4. The van der Waals surface area contributed by atoms with Crippen molar-refractivity contribution in [3.05, 3.63) is 39.9 Å². The Morgan fingerprint density at radius 2 is 2.04 bits per heavy atom. The van der Waals surface area contributed by atoms with Crippen molar-refractivity contribution < 1.29 is 27.8 Å². The van der Waals surface area contributed by atoms with Crippen LogP contribution in [0.4, 0.5) is 13.2 Å². The molecule has 1 aromatic rings. The molecular formula is C19H20ClF3O3. The second kappa shape index (κ2) is 8.62. The van der Waals surface area contributed by atoms with Gasteiger partial charge >= 0.3 is 12.1 Å². The highest BCUT2D eigenvalue weighted by molar-refractivity contribution is 6.32. The summed E-state index contributed by atoms with van der Waals surface area (Å²) in [5.41, 5.74) is 0.0436. The molecular weight excluding hydrogens is 369 g/mol. The van der Waals surface area contributed by atoms with Crippen LogP contribution in [0.25, 0.3) is 12.2 Å². The molecule has 0 radical (unpaired) electrons. The molecule has 1 aromatic carbocycles. The Kier molecular flexibility index (Phi) is 6.75. The number of aliphatic carboxylic acids is 1. The van der Waals surface area contributed by atoms with Gasteiger partial charge in [0.2, 0.25) is 6.10 Å². The molecule has 0 fully saturated rings. The van der Waals surface area contributed by atoms with Gasteiger partial charge < -0.3 is 9.84 Å². The first-order chi connectivity index (χ1) is 12.2. The second-order valence-electron chi connectivity index (χ2n) is 6.12. The molecule has 3 nitrogen and oxygen atoms in total. The Labute approximate surface area is 155 Å². The average molecular weight is 389 g/mol. The van der Waals surface area contributed by atoms with Crippen LogP contribution in [0.3, 0.4) is 0 Å². The minimum atomic E-state index is -4.84. The Hall–Kier alpha value is -1.95. The maximum atomic E-state index is 13.1. The second-order valence-corrected chi connectivity index (χ2v) is 6.52. The van der Waals surface area contributed by atoms with Gasteiger partial charge in [0.25, 0.3) is 0 Å². The monoisotopic (exact) mass is 388 g/mol. The van der Waals surface area contributed by atoms with Crippen molar-refractivity contribution in [2.75, 3.05) is 0 Å². The molecule has 1 aliphatic heterocycles. The Morgan fingerprint density at radius 1 is 1.31 bits per heavy atom. The third-order valence-electron chi connectivity index (χ3n) is 4.00. The molecule has 26 heavy (non-hydrogen) atoms. The first-order valence-corrected chi connectivity index (χ1v) is 8.80. The topological polar surface area (TPSA) is 46.5 Å². The van der Waals surface area contributed by atoms with Gasteiger partial charge in [-0.2, -0.15) is 13.2 Å². The molecule has 1 heterocycles. The summed E-state index contributed by atoms with van der Waals surface area (Å²) in [6, 6.07) is 3.08. The molecule has 0 spiro atoms. The summed E-state index contributed by atoms with van der Waals surface area (Å²) in [6.45, 7) is 2.13. The largest absolute Gasteiger partial charge is 0.478 e. The molecule has 2 rings (SSSR count). The van der Waals surface area contributed by atoms with E-state index in [0.29, 0.717) is 5.56 Å². The van der Waals surface area contributed by atoms with Crippen LogP contribution in [0.15, 0.2) is 23.8 Å². The van der Waals surface area contributed by atoms with E-state index >= 15 is 0 Å². The molecule has 0 bridgehead atoms. The number of alkyl halides is 3. The van der Waals surface area contributed by atoms with Crippen LogP contribution >= 0.6 is 11.6 Å². The van der Waals surface area contributed by atoms with Gasteiger partial charge in [-0.15, -0.1) is 0 Å². The van der Waals surface area contributed by atoms with Gasteiger partial charge in [-0.1, -0.05) is 49.9 Å². The zero-order valence-corrected chi connectivity index (χ0v) is 15.0. The van der Waals surface area contributed by atoms with Gasteiger partial charge in [0.1, 0.15) is 5.75 Å². The zero-order valence-electron chi connectivity index (χ0n) is 14.3. The summed E-state index contributed by atoms with van der Waals surface area (Å²) in [4.78, 5) is 11.2. The van der Waals surface area contributed by atoms with E-state index in [1.165, 1.54) is 12.5 Å². The van der Waals surface area contributed by atoms with Crippen molar-refractivity contribution in [2.45, 2.75) is 51.3 Å². The van der Waals surface area contributed by atoms with Crippen LogP contribution in [0.1, 0.15) is 50.2 Å². The van der Waals surface area contributed by atoms with Gasteiger partial charge in [0.15, 0.2) is 0 Å². The summed E-state index contributed by atoms with van der Waals surface area (Å²) < 4.78 is 44.1. The zero-order chi connectivity index (χ0) is 19.3. The van der Waals surface area contributed by atoms with Gasteiger partial charge in [-0.25, -0.2) is 4.79 Å². The fraction of sp³-hybridized carbons (Fsp3) is 0.421. The van der Waals surface area contributed by atoms with E-state index in [0.717, 1.165) is 31.8 Å². The number of ether oxygens (including phenoxy) is 1. The smallest absolute Gasteiger partial charge is 0.430 e. The van der Waals surface area contributed by atoms with Crippen LogP contribution in [-0.4, -0.2) is 23.4 Å². The van der Waals surface area contributed by atoms with Crippen molar-refractivity contribution >= 4 is 29.7 Å². The number of unbranched alkanes of at least 4 members (excludes halogenated alkanes) is 4. The van der Waals surface area contributed by atoms with Crippen LogP contribution in [0.5, 0.6) is 5.75 Å². The molecule has 0 saturated heterocycles. The molecule has 1 atom stereocenters. The van der Waals surface area contributed by atoms with Crippen molar-refractivity contribution in [3.63, 3.8) is 0 Å². The summed E-state index contributed by atoms with van der Waals surface area (Å²) in [5.74, 6) is -1.83. The minimum Gasteiger partial charge on any atom is -0.478 e. The van der Waals surface area contributed by atoms with E-state index in [-0.39, 0.29) is 16.3 Å². The predicted octanol–water partition coefficient (Wildman–Crippen LogP) is 6.11. The van der Waals surface area contributed by atoms with Gasteiger partial charge in [-0.3, -0.25) is 0 Å². The molecule has 1 unspecified atom stereocenters. The van der Waals surface area contributed by atoms with Crippen LogP contribution in [0.2, 0.25) is 5.02 Å². The molecule has 0 aromatic heterocycles. The molecule has 7 heteroatoms. The summed E-state index contributed by atoms with van der Waals surface area (Å²) in [7, 11) is 0. The summed E-state index contributed by atoms with van der Waals surface area (Å²) in [6.07, 6.45) is 2.81. The number of benzene rings is 1. The number of carbonyl (C=O) groups is 1. The number of fused-ring (bicyclic) bond motifs is 1. The van der Waals surface area contributed by atoms with E-state index in [1.807, 2.05) is 12.2 Å². The third-order valence-corrected chi connectivity index (χ3v) is 4.28. The van der Waals surface area contributed by atoms with Crippen molar-refractivity contribution in [1.29, 1.82) is 0 Å². The van der Waals surface area contributed by atoms with Crippen molar-refractivity contribution in [1.82, 2.24) is 0 Å². The number of carboxylic acid groups (broad SMARTS) is 1. The first-order valence-electron chi connectivity index (χ1n) is 8.42. The lowest BCUT2D eigenvalue weighted by Crippen LogP contribution is -2.40. The number of hydrogen-bond donors (Lipinski definition) is 1. The fourth-order valence-corrected chi connectivity index (χ4v) is 2.99. The normalized spacial score (nSPS) is 17.0. The minimum absolute atomic E-state index is 0.0167. The van der Waals surface area contributed by atoms with Crippen LogP contribution in [0, 0.1) is 0 Å². The lowest BCUT2D eigenvalue weighted by molar-refractivity contribution is -0.187. The highest BCUT2D eigenvalue weighted by Crippen LogP contribution is 2.41. The standard InChI is InChI=1S/C19H20ClF3O3/c1-2-3-4-5-6-7-8-12-9-13-11-14(18(24)25)17(19(21,22)23)26-16(13)15(20)10-12/h7-11,17H,2-6H2,1H3,(H,24,25)/b8-7+. The molecule has 1 N–H and O–H groups in total. The number of allylic oxidation sites excluding steroid dienone is 1. The van der Waals surface area contributed by atoms with E-state index in [9.17, 15) is 18.0 Å². The van der Waals surface area contributed by atoms with E-state index in [2.05, 4.69) is 6.92 Å². The van der Waals surface area contributed by atoms with Crippen LogP contribution < -0.4 is 4.74 Å². The molecule has 0 aliphatic carbocycles. The third kappa shape index (κ3) is 5.04. The van der Waals surface area contributed by atoms with Crippen LogP contribution in [-0.2, 0) is 4.79 Å². The SMILES string of the molecule is CCCCCC/C=C/c1cc(Cl)c2c(c1)C=C(C(=O)O)C(C(F)(F)F)O2. The Bertz CT molecular complexity index is 723. The number of carboxylic acids is 1.